The summed E-state index contributed by atoms with van der Waals surface area (Å²) in [6.07, 6.45) is 3.13. The number of nitrogens with zero attached hydrogens (tertiary/aromatic N) is 3. The van der Waals surface area contributed by atoms with Gasteiger partial charge in [0.25, 0.3) is 5.56 Å². The summed E-state index contributed by atoms with van der Waals surface area (Å²) < 4.78 is 1.42. The molecular weight excluding hydrogens is 194 g/mol. The molecule has 84 valence electrons. The summed E-state index contributed by atoms with van der Waals surface area (Å²) in [6.45, 7) is 0.720. The Morgan fingerprint density at radius 2 is 2.20 bits per heavy atom. The summed E-state index contributed by atoms with van der Waals surface area (Å²) in [5.41, 5.74) is 0.706. The van der Waals surface area contributed by atoms with Crippen LogP contribution in [0.15, 0.2) is 17.1 Å². The summed E-state index contributed by atoms with van der Waals surface area (Å²) in [6, 6.07) is 1.56. The molecule has 1 heterocycles. The van der Waals surface area contributed by atoms with Gasteiger partial charge in [-0.1, -0.05) is 0 Å². The van der Waals surface area contributed by atoms with Crippen LogP contribution in [-0.4, -0.2) is 35.6 Å². The largest absolute Gasteiger partial charge is 0.396 e. The van der Waals surface area contributed by atoms with Gasteiger partial charge in [-0.3, -0.25) is 4.79 Å². The Bertz CT molecular complexity index is 360. The van der Waals surface area contributed by atoms with E-state index in [4.69, 9.17) is 5.11 Å². The van der Waals surface area contributed by atoms with Crippen molar-refractivity contribution in [2.45, 2.75) is 19.4 Å². The Morgan fingerprint density at radius 1 is 1.47 bits per heavy atom. The van der Waals surface area contributed by atoms with Crippen LogP contribution < -0.4 is 10.5 Å². The van der Waals surface area contributed by atoms with Crippen molar-refractivity contribution in [3.63, 3.8) is 0 Å². The molecule has 1 aromatic rings. The molecule has 0 aromatic carbocycles. The maximum atomic E-state index is 11.5. The van der Waals surface area contributed by atoms with Gasteiger partial charge in [-0.15, -0.1) is 0 Å². The first kappa shape index (κ1) is 11.7. The molecule has 5 heteroatoms. The van der Waals surface area contributed by atoms with Crippen molar-refractivity contribution in [1.82, 2.24) is 9.78 Å². The molecule has 0 bridgehead atoms. The first-order valence-corrected chi connectivity index (χ1v) is 5.00. The van der Waals surface area contributed by atoms with E-state index in [1.807, 2.05) is 19.0 Å². The quantitative estimate of drug-likeness (QED) is 0.701. The molecule has 0 aliphatic heterocycles. The van der Waals surface area contributed by atoms with Gasteiger partial charge in [-0.05, 0) is 12.8 Å². The fraction of sp³-hybridized carbons (Fsp3) is 0.600. The minimum atomic E-state index is -0.0980. The van der Waals surface area contributed by atoms with E-state index in [0.29, 0.717) is 13.0 Å². The van der Waals surface area contributed by atoms with Crippen LogP contribution in [0.1, 0.15) is 12.8 Å². The molecule has 0 radical (unpaired) electrons. The molecule has 0 spiro atoms. The Labute approximate surface area is 89.0 Å². The fourth-order valence-corrected chi connectivity index (χ4v) is 1.21. The highest BCUT2D eigenvalue weighted by atomic mass is 16.2. The minimum absolute atomic E-state index is 0.0980. The first-order chi connectivity index (χ1) is 7.15. The first-order valence-electron chi connectivity index (χ1n) is 5.00. The van der Waals surface area contributed by atoms with E-state index in [-0.39, 0.29) is 12.2 Å². The standard InChI is InChI=1S/C10H17N3O2/c1-12(2)9-7-10(15)13(11-8-9)5-3-4-6-14/h7-8,14H,3-6H2,1-2H3. The van der Waals surface area contributed by atoms with Crippen molar-refractivity contribution in [2.75, 3.05) is 25.6 Å². The lowest BCUT2D eigenvalue weighted by molar-refractivity contribution is 0.279. The van der Waals surface area contributed by atoms with E-state index in [1.165, 1.54) is 4.68 Å². The molecular formula is C10H17N3O2. The monoisotopic (exact) mass is 211 g/mol. The lowest BCUT2D eigenvalue weighted by Crippen LogP contribution is -2.24. The molecule has 0 aliphatic carbocycles. The van der Waals surface area contributed by atoms with Crippen LogP contribution in [0, 0.1) is 0 Å². The van der Waals surface area contributed by atoms with E-state index in [9.17, 15) is 4.79 Å². The molecule has 15 heavy (non-hydrogen) atoms. The summed E-state index contributed by atoms with van der Waals surface area (Å²) in [4.78, 5) is 13.4. The predicted octanol–water partition coefficient (Wildman–Crippen LogP) is 0.0818. The molecule has 0 saturated heterocycles. The van der Waals surface area contributed by atoms with Gasteiger partial charge in [0.15, 0.2) is 0 Å². The van der Waals surface area contributed by atoms with Crippen molar-refractivity contribution in [3.8, 4) is 0 Å². The number of aryl methyl sites for hydroxylation is 1. The molecule has 0 fully saturated rings. The topological polar surface area (TPSA) is 58.4 Å². The highest BCUT2D eigenvalue weighted by Gasteiger charge is 2.00. The van der Waals surface area contributed by atoms with Crippen molar-refractivity contribution < 1.29 is 5.11 Å². The van der Waals surface area contributed by atoms with E-state index in [1.54, 1.807) is 12.3 Å². The fourth-order valence-electron chi connectivity index (χ4n) is 1.21. The van der Waals surface area contributed by atoms with Crippen LogP contribution in [0.3, 0.4) is 0 Å². The number of hydrogen-bond acceptors (Lipinski definition) is 4. The highest BCUT2D eigenvalue weighted by Crippen LogP contribution is 2.03. The van der Waals surface area contributed by atoms with Crippen molar-refractivity contribution in [2.24, 2.45) is 0 Å². The molecule has 0 saturated carbocycles. The van der Waals surface area contributed by atoms with Gasteiger partial charge in [0.2, 0.25) is 0 Å². The maximum absolute atomic E-state index is 11.5. The van der Waals surface area contributed by atoms with Gasteiger partial charge in [-0.2, -0.15) is 5.10 Å². The number of anilines is 1. The lowest BCUT2D eigenvalue weighted by atomic mass is 10.3. The summed E-state index contributed by atoms with van der Waals surface area (Å²) in [5, 5.41) is 12.7. The summed E-state index contributed by atoms with van der Waals surface area (Å²) in [5.74, 6) is 0. The van der Waals surface area contributed by atoms with Crippen molar-refractivity contribution in [1.29, 1.82) is 0 Å². The highest BCUT2D eigenvalue weighted by molar-refractivity contribution is 5.40. The zero-order chi connectivity index (χ0) is 11.3. The van der Waals surface area contributed by atoms with Crippen LogP contribution in [0.4, 0.5) is 5.69 Å². The van der Waals surface area contributed by atoms with E-state index in [0.717, 1.165) is 12.1 Å². The molecule has 5 nitrogen and oxygen atoms in total. The minimum Gasteiger partial charge on any atom is -0.396 e. The number of aliphatic hydroxyl groups is 1. The smallest absolute Gasteiger partial charge is 0.268 e. The third-order valence-electron chi connectivity index (χ3n) is 2.15. The molecule has 0 unspecified atom stereocenters. The molecule has 1 N–H and O–H groups in total. The second kappa shape index (κ2) is 5.50. The van der Waals surface area contributed by atoms with Gasteiger partial charge in [0.05, 0.1) is 11.9 Å². The van der Waals surface area contributed by atoms with E-state index >= 15 is 0 Å². The number of rotatable bonds is 5. The SMILES string of the molecule is CN(C)c1cnn(CCCCO)c(=O)c1. The molecule has 0 amide bonds. The maximum Gasteiger partial charge on any atom is 0.268 e. The third kappa shape index (κ3) is 3.36. The molecule has 1 aromatic heterocycles. The normalized spacial score (nSPS) is 10.3. The second-order valence-corrected chi connectivity index (χ2v) is 3.60. The van der Waals surface area contributed by atoms with Gasteiger partial charge < -0.3 is 10.0 Å². The molecule has 0 aliphatic rings. The number of aromatic nitrogens is 2. The lowest BCUT2D eigenvalue weighted by Gasteiger charge is -2.12. The number of unbranched alkanes of at least 4 members (excludes halogenated alkanes) is 1. The Morgan fingerprint density at radius 3 is 2.73 bits per heavy atom. The Balaban J connectivity index is 2.71. The van der Waals surface area contributed by atoms with Gasteiger partial charge in [0.1, 0.15) is 0 Å². The van der Waals surface area contributed by atoms with Crippen LogP contribution in [-0.2, 0) is 6.54 Å². The van der Waals surface area contributed by atoms with Gasteiger partial charge >= 0.3 is 0 Å². The van der Waals surface area contributed by atoms with Gasteiger partial charge in [-0.25, -0.2) is 4.68 Å². The molecule has 1 rings (SSSR count). The summed E-state index contributed by atoms with van der Waals surface area (Å²) in [7, 11) is 3.74. The van der Waals surface area contributed by atoms with Crippen molar-refractivity contribution in [3.05, 3.63) is 22.6 Å². The van der Waals surface area contributed by atoms with Crippen LogP contribution in [0.25, 0.3) is 0 Å². The number of aliphatic hydroxyl groups excluding tert-OH is 1. The average molecular weight is 211 g/mol. The van der Waals surface area contributed by atoms with Crippen molar-refractivity contribution >= 4 is 5.69 Å². The van der Waals surface area contributed by atoms with Crippen LogP contribution in [0.5, 0.6) is 0 Å². The van der Waals surface area contributed by atoms with Gasteiger partial charge in [0, 0.05) is 33.3 Å². The summed E-state index contributed by atoms with van der Waals surface area (Å²) >= 11 is 0. The Hall–Kier alpha value is -1.36. The second-order valence-electron chi connectivity index (χ2n) is 3.60. The van der Waals surface area contributed by atoms with Crippen LogP contribution in [0.2, 0.25) is 0 Å². The predicted molar refractivity (Wildman–Crippen MR) is 59.1 cm³/mol. The van der Waals surface area contributed by atoms with E-state index in [2.05, 4.69) is 5.10 Å². The zero-order valence-electron chi connectivity index (χ0n) is 9.18. The zero-order valence-corrected chi connectivity index (χ0v) is 9.18. The molecule has 0 atom stereocenters. The number of hydrogen-bond donors (Lipinski definition) is 1. The van der Waals surface area contributed by atoms with E-state index < -0.39 is 0 Å². The average Bonchev–Trinajstić information content (AvgIpc) is 2.20. The third-order valence-corrected chi connectivity index (χ3v) is 2.15. The van der Waals surface area contributed by atoms with Crippen LogP contribution >= 0.6 is 0 Å². The Kier molecular flexibility index (Phi) is 4.30.